The molecule has 0 radical (unpaired) electrons. The fourth-order valence-corrected chi connectivity index (χ4v) is 3.18. The Morgan fingerprint density at radius 2 is 2.04 bits per heavy atom. The number of piperidine rings is 1. The molecule has 7 heteroatoms. The number of aromatic nitrogens is 3. The molecule has 0 bridgehead atoms. The third-order valence-electron chi connectivity index (χ3n) is 4.26. The first kappa shape index (κ1) is 14.3. The second kappa shape index (κ2) is 5.70. The van der Waals surface area contributed by atoms with Crippen LogP contribution in [0.4, 0.5) is 5.82 Å². The van der Waals surface area contributed by atoms with Crippen LogP contribution in [-0.4, -0.2) is 28.2 Å². The fraction of sp³-hybridized carbons (Fsp3) is 0.312. The Labute approximate surface area is 137 Å². The van der Waals surface area contributed by atoms with E-state index in [0.29, 0.717) is 5.02 Å². The first-order valence-electron chi connectivity index (χ1n) is 7.55. The van der Waals surface area contributed by atoms with Gasteiger partial charge in [-0.15, -0.1) is 0 Å². The lowest BCUT2D eigenvalue weighted by Crippen LogP contribution is -2.33. The number of nitrogens with one attached hydrogen (secondary N) is 1. The molecule has 0 amide bonds. The molecule has 1 aliphatic rings. The Kier molecular flexibility index (Phi) is 3.53. The summed E-state index contributed by atoms with van der Waals surface area (Å²) in [5.74, 6) is 1.89. The molecule has 0 aliphatic carbocycles. The zero-order valence-electron chi connectivity index (χ0n) is 12.3. The van der Waals surface area contributed by atoms with Crippen LogP contribution in [0.5, 0.6) is 0 Å². The minimum atomic E-state index is -0.179. The van der Waals surface area contributed by atoms with Crippen LogP contribution in [0.25, 0.3) is 11.0 Å². The summed E-state index contributed by atoms with van der Waals surface area (Å²) in [4.78, 5) is 22.5. The van der Waals surface area contributed by atoms with Gasteiger partial charge in [-0.1, -0.05) is 11.6 Å². The second-order valence-corrected chi connectivity index (χ2v) is 6.17. The van der Waals surface area contributed by atoms with E-state index in [1.54, 1.807) is 12.3 Å². The molecule has 3 aromatic rings. The SMILES string of the molecule is O=c1cc(C2CCN(c3cnc4cc(Cl)ccc4n3)CC2)o[nH]1. The van der Waals surface area contributed by atoms with Crippen LogP contribution < -0.4 is 10.5 Å². The number of halogens is 1. The predicted molar refractivity (Wildman–Crippen MR) is 88.1 cm³/mol. The lowest BCUT2D eigenvalue weighted by Gasteiger charge is -2.31. The molecule has 2 aromatic heterocycles. The number of rotatable bonds is 2. The third-order valence-corrected chi connectivity index (χ3v) is 4.49. The summed E-state index contributed by atoms with van der Waals surface area (Å²) in [6, 6.07) is 7.06. The highest BCUT2D eigenvalue weighted by Gasteiger charge is 2.24. The number of hydrogen-bond acceptors (Lipinski definition) is 5. The van der Waals surface area contributed by atoms with Crippen molar-refractivity contribution in [3.63, 3.8) is 0 Å². The molecular weight excluding hydrogens is 316 g/mol. The fourth-order valence-electron chi connectivity index (χ4n) is 3.02. The number of anilines is 1. The van der Waals surface area contributed by atoms with Gasteiger partial charge in [0.15, 0.2) is 0 Å². The zero-order valence-corrected chi connectivity index (χ0v) is 13.1. The highest BCUT2D eigenvalue weighted by molar-refractivity contribution is 6.31. The van der Waals surface area contributed by atoms with Gasteiger partial charge in [0, 0.05) is 30.1 Å². The van der Waals surface area contributed by atoms with Gasteiger partial charge in [0.25, 0.3) is 5.56 Å². The number of benzene rings is 1. The van der Waals surface area contributed by atoms with Crippen molar-refractivity contribution in [2.75, 3.05) is 18.0 Å². The predicted octanol–water partition coefficient (Wildman–Crippen LogP) is 2.95. The first-order valence-corrected chi connectivity index (χ1v) is 7.92. The van der Waals surface area contributed by atoms with Crippen molar-refractivity contribution in [1.82, 2.24) is 15.1 Å². The van der Waals surface area contributed by atoms with Crippen LogP contribution in [0.2, 0.25) is 5.02 Å². The minimum Gasteiger partial charge on any atom is -0.383 e. The Balaban J connectivity index is 1.51. The Bertz CT molecular complexity index is 896. The molecule has 23 heavy (non-hydrogen) atoms. The molecule has 1 fully saturated rings. The van der Waals surface area contributed by atoms with Crippen molar-refractivity contribution in [3.8, 4) is 0 Å². The van der Waals surface area contributed by atoms with E-state index in [1.165, 1.54) is 0 Å². The van der Waals surface area contributed by atoms with Gasteiger partial charge in [0.2, 0.25) is 0 Å². The van der Waals surface area contributed by atoms with Gasteiger partial charge < -0.3 is 9.42 Å². The van der Waals surface area contributed by atoms with E-state index in [1.807, 2.05) is 18.2 Å². The standard InChI is InChI=1S/C16H15ClN4O2/c17-11-1-2-12-13(7-11)18-9-15(19-12)21-5-3-10(4-6-21)14-8-16(22)20-23-14/h1-2,7-10H,3-6H2,(H,20,22). The van der Waals surface area contributed by atoms with Gasteiger partial charge in [-0.25, -0.2) is 4.98 Å². The number of hydrogen-bond donors (Lipinski definition) is 1. The minimum absolute atomic E-state index is 0.179. The third kappa shape index (κ3) is 2.82. The van der Waals surface area contributed by atoms with Crippen LogP contribution in [0.3, 0.4) is 0 Å². The van der Waals surface area contributed by atoms with Crippen molar-refractivity contribution in [3.05, 3.63) is 51.6 Å². The lowest BCUT2D eigenvalue weighted by atomic mass is 9.94. The van der Waals surface area contributed by atoms with Crippen LogP contribution in [0.15, 0.2) is 39.8 Å². The summed E-state index contributed by atoms with van der Waals surface area (Å²) in [6.45, 7) is 1.71. The maximum atomic E-state index is 11.2. The molecule has 6 nitrogen and oxygen atoms in total. The summed E-state index contributed by atoms with van der Waals surface area (Å²) < 4.78 is 5.22. The van der Waals surface area contributed by atoms with E-state index in [2.05, 4.69) is 20.0 Å². The van der Waals surface area contributed by atoms with E-state index < -0.39 is 0 Å². The summed E-state index contributed by atoms with van der Waals surface area (Å²) in [5, 5.41) is 3.02. The molecule has 0 spiro atoms. The van der Waals surface area contributed by atoms with E-state index in [-0.39, 0.29) is 11.5 Å². The van der Waals surface area contributed by atoms with Gasteiger partial charge in [0.05, 0.1) is 17.2 Å². The topological polar surface area (TPSA) is 75.0 Å². The molecule has 1 N–H and O–H groups in total. The Hall–Kier alpha value is -2.34. The van der Waals surface area contributed by atoms with Crippen LogP contribution in [0.1, 0.15) is 24.5 Å². The molecule has 0 atom stereocenters. The number of nitrogens with zero attached hydrogens (tertiary/aromatic N) is 3. The average Bonchev–Trinajstić information content (AvgIpc) is 3.01. The number of H-pyrrole nitrogens is 1. The molecule has 118 valence electrons. The summed E-state index contributed by atoms with van der Waals surface area (Å²) >= 11 is 5.97. The van der Waals surface area contributed by atoms with Gasteiger partial charge in [0.1, 0.15) is 11.6 Å². The highest BCUT2D eigenvalue weighted by atomic mass is 35.5. The average molecular weight is 331 g/mol. The quantitative estimate of drug-likeness (QED) is 0.782. The van der Waals surface area contributed by atoms with Gasteiger partial charge in [-0.3, -0.25) is 9.78 Å². The first-order chi connectivity index (χ1) is 11.2. The van der Waals surface area contributed by atoms with Crippen LogP contribution in [0, 0.1) is 0 Å². The molecule has 1 saturated heterocycles. The van der Waals surface area contributed by atoms with E-state index in [4.69, 9.17) is 16.1 Å². The Morgan fingerprint density at radius 1 is 1.22 bits per heavy atom. The van der Waals surface area contributed by atoms with E-state index in [9.17, 15) is 4.79 Å². The van der Waals surface area contributed by atoms with Gasteiger partial charge in [-0.2, -0.15) is 5.16 Å². The number of aromatic amines is 1. The monoisotopic (exact) mass is 330 g/mol. The van der Waals surface area contributed by atoms with E-state index >= 15 is 0 Å². The van der Waals surface area contributed by atoms with Crippen molar-refractivity contribution in [2.24, 2.45) is 0 Å². The lowest BCUT2D eigenvalue weighted by molar-refractivity contribution is 0.333. The molecule has 1 aromatic carbocycles. The maximum absolute atomic E-state index is 11.2. The normalized spacial score (nSPS) is 16.1. The molecule has 4 rings (SSSR count). The molecule has 1 aliphatic heterocycles. The van der Waals surface area contributed by atoms with Crippen molar-refractivity contribution in [1.29, 1.82) is 0 Å². The molecular formula is C16H15ClN4O2. The molecule has 0 unspecified atom stereocenters. The highest BCUT2D eigenvalue weighted by Crippen LogP contribution is 2.29. The largest absolute Gasteiger partial charge is 0.383 e. The van der Waals surface area contributed by atoms with Crippen LogP contribution in [-0.2, 0) is 0 Å². The van der Waals surface area contributed by atoms with Gasteiger partial charge in [-0.05, 0) is 31.0 Å². The zero-order chi connectivity index (χ0) is 15.8. The molecule has 3 heterocycles. The number of fused-ring (bicyclic) bond motifs is 1. The Morgan fingerprint density at radius 3 is 2.78 bits per heavy atom. The summed E-state index contributed by atoms with van der Waals surface area (Å²) in [7, 11) is 0. The maximum Gasteiger partial charge on any atom is 0.280 e. The molecule has 0 saturated carbocycles. The van der Waals surface area contributed by atoms with Crippen LogP contribution >= 0.6 is 11.6 Å². The smallest absolute Gasteiger partial charge is 0.280 e. The van der Waals surface area contributed by atoms with Crippen molar-refractivity contribution >= 4 is 28.5 Å². The van der Waals surface area contributed by atoms with Gasteiger partial charge >= 0.3 is 0 Å². The summed E-state index contributed by atoms with van der Waals surface area (Å²) in [5.41, 5.74) is 1.46. The second-order valence-electron chi connectivity index (χ2n) is 5.74. The van der Waals surface area contributed by atoms with E-state index in [0.717, 1.165) is 48.5 Å². The van der Waals surface area contributed by atoms with Crippen molar-refractivity contribution < 1.29 is 4.52 Å². The summed E-state index contributed by atoms with van der Waals surface area (Å²) in [6.07, 6.45) is 3.62. The van der Waals surface area contributed by atoms with Crippen molar-refractivity contribution in [2.45, 2.75) is 18.8 Å².